The minimum Gasteiger partial charge on any atom is -0.512 e. The van der Waals surface area contributed by atoms with Crippen LogP contribution in [0.4, 0.5) is 31.5 Å². The number of nitro benzene ring substituents is 4. The molecule has 0 amide bonds. The topological polar surface area (TPSA) is 220 Å². The summed E-state index contributed by atoms with van der Waals surface area (Å²) in [6.07, 6.45) is 0. The first kappa shape index (κ1) is 29.9. The minimum absolute atomic E-state index is 0. The molecule has 0 atom stereocenters. The summed E-state index contributed by atoms with van der Waals surface area (Å²) in [4.78, 5) is 37.2. The van der Waals surface area contributed by atoms with Crippen molar-refractivity contribution in [3.05, 3.63) is 93.5 Å². The minimum atomic E-state index is -1.13. The molecule has 14 nitrogen and oxygen atoms in total. The van der Waals surface area contributed by atoms with Crippen LogP contribution in [0, 0.1) is 75.3 Å². The summed E-state index contributed by atoms with van der Waals surface area (Å²) in [5.41, 5.74) is -4.23. The van der Waals surface area contributed by atoms with E-state index in [0.717, 1.165) is 0 Å². The monoisotopic (exact) mass is 520 g/mol. The first-order chi connectivity index (χ1) is 14.4. The fourth-order valence-corrected chi connectivity index (χ4v) is 2.05. The molecule has 0 heterocycles. The van der Waals surface area contributed by atoms with E-state index in [0.29, 0.717) is 24.3 Å². The standard InChI is InChI=1S/C7H2FN3O4.C6H2ClFN2O4.CN.Cu/c8-4-1-6(10(12)13)5(3-9)7(2-4)11(14)15;7-6-4(9(11)12)1-3(8)2-5(6)10(13)14;1-2;/h1-2H;1-2H;;/q;;-1;+1. The van der Waals surface area contributed by atoms with E-state index in [1.54, 1.807) is 0 Å². The van der Waals surface area contributed by atoms with Crippen molar-refractivity contribution >= 4 is 34.4 Å². The van der Waals surface area contributed by atoms with Gasteiger partial charge in [-0.05, 0) is 0 Å². The van der Waals surface area contributed by atoms with E-state index in [-0.39, 0.29) is 17.1 Å². The van der Waals surface area contributed by atoms with Crippen LogP contribution in [0.15, 0.2) is 24.3 Å². The molecule has 0 aliphatic carbocycles. The molecular formula is C14H4ClCuF2N6O8. The van der Waals surface area contributed by atoms with Crippen LogP contribution >= 0.6 is 11.6 Å². The number of hydrogen-bond acceptors (Lipinski definition) is 10. The number of rotatable bonds is 4. The smallest absolute Gasteiger partial charge is 0.512 e. The van der Waals surface area contributed by atoms with Gasteiger partial charge in [-0.1, -0.05) is 11.6 Å². The molecule has 0 N–H and O–H groups in total. The van der Waals surface area contributed by atoms with Gasteiger partial charge in [-0.3, -0.25) is 40.5 Å². The summed E-state index contributed by atoms with van der Waals surface area (Å²) >= 11 is 5.32. The molecule has 2 aromatic carbocycles. The molecule has 170 valence electrons. The third-order valence-electron chi connectivity index (χ3n) is 2.96. The normalized spacial score (nSPS) is 8.75. The average Bonchev–Trinajstić information content (AvgIpc) is 2.70. The van der Waals surface area contributed by atoms with Crippen LogP contribution < -0.4 is 0 Å². The number of nitro groups is 4. The van der Waals surface area contributed by atoms with E-state index in [2.05, 4.69) is 0 Å². The molecule has 18 heteroatoms. The third-order valence-corrected chi connectivity index (χ3v) is 3.35. The fourth-order valence-electron chi connectivity index (χ4n) is 1.81. The van der Waals surface area contributed by atoms with Crippen LogP contribution in [-0.4, -0.2) is 19.7 Å². The van der Waals surface area contributed by atoms with E-state index < -0.39 is 64.7 Å². The van der Waals surface area contributed by atoms with E-state index in [9.17, 15) is 49.2 Å². The van der Waals surface area contributed by atoms with Crippen LogP contribution in [0.3, 0.4) is 0 Å². The maximum Gasteiger partial charge on any atom is 1.00 e. The molecule has 0 saturated carbocycles. The van der Waals surface area contributed by atoms with Crippen molar-refractivity contribution in [2.75, 3.05) is 0 Å². The Balaban J connectivity index is 0. The molecule has 2 rings (SSSR count). The van der Waals surface area contributed by atoms with Gasteiger partial charge in [-0.15, -0.1) is 0 Å². The molecule has 0 saturated heterocycles. The second-order valence-electron chi connectivity index (χ2n) is 4.72. The predicted molar refractivity (Wildman–Crippen MR) is 94.1 cm³/mol. The van der Waals surface area contributed by atoms with Crippen LogP contribution in [0.25, 0.3) is 0 Å². The van der Waals surface area contributed by atoms with Gasteiger partial charge >= 0.3 is 17.1 Å². The van der Waals surface area contributed by atoms with Gasteiger partial charge in [0, 0.05) is 0 Å². The molecule has 0 fully saturated rings. The molecular weight excluding hydrogens is 517 g/mol. The van der Waals surface area contributed by atoms with E-state index in [1.807, 2.05) is 0 Å². The predicted octanol–water partition coefficient (Wildman–Crippen LogP) is 3.90. The molecule has 0 spiro atoms. The van der Waals surface area contributed by atoms with Gasteiger partial charge in [0.2, 0.25) is 5.56 Å². The Morgan fingerprint density at radius 2 is 1.00 bits per heavy atom. The second kappa shape index (κ2) is 13.1. The van der Waals surface area contributed by atoms with E-state index in [1.165, 1.54) is 6.07 Å². The van der Waals surface area contributed by atoms with Gasteiger partial charge in [0.05, 0.1) is 44.0 Å². The number of nitrogens with zero attached hydrogens (tertiary/aromatic N) is 6. The summed E-state index contributed by atoms with van der Waals surface area (Å²) in [6, 6.07) is 3.28. The molecule has 0 unspecified atom stereocenters. The Kier molecular flexibility index (Phi) is 12.2. The zero-order valence-corrected chi connectivity index (χ0v) is 16.4. The number of benzene rings is 2. The molecule has 0 aliphatic rings. The quantitative estimate of drug-likeness (QED) is 0.244. The van der Waals surface area contributed by atoms with Crippen molar-refractivity contribution in [3.63, 3.8) is 0 Å². The Labute approximate surface area is 190 Å². The second-order valence-corrected chi connectivity index (χ2v) is 5.10. The average molecular weight is 521 g/mol. The Hall–Kier alpha value is -4.31. The van der Waals surface area contributed by atoms with Crippen LogP contribution in [0.5, 0.6) is 0 Å². The number of hydrogen-bond donors (Lipinski definition) is 0. The van der Waals surface area contributed by atoms with Crippen molar-refractivity contribution in [2.24, 2.45) is 0 Å². The largest absolute Gasteiger partial charge is 1.00 e. The van der Waals surface area contributed by atoms with Gasteiger partial charge in [0.15, 0.2) is 5.02 Å². The molecule has 0 aliphatic heterocycles. The molecule has 32 heavy (non-hydrogen) atoms. The molecule has 0 aromatic heterocycles. The maximum atomic E-state index is 12.7. The van der Waals surface area contributed by atoms with Gasteiger partial charge < -0.3 is 11.8 Å². The first-order valence-electron chi connectivity index (χ1n) is 6.93. The number of nitriles is 1. The molecule has 2 aromatic rings. The van der Waals surface area contributed by atoms with Crippen LogP contribution in [0.1, 0.15) is 5.56 Å². The molecule has 0 bridgehead atoms. The summed E-state index contributed by atoms with van der Waals surface area (Å²) in [7, 11) is 0. The van der Waals surface area contributed by atoms with Crippen molar-refractivity contribution in [2.45, 2.75) is 0 Å². The van der Waals surface area contributed by atoms with Crippen molar-refractivity contribution in [1.82, 2.24) is 0 Å². The summed E-state index contributed by atoms with van der Waals surface area (Å²) < 4.78 is 25.4. The van der Waals surface area contributed by atoms with Gasteiger partial charge in [-0.25, -0.2) is 8.78 Å². The molecule has 0 radical (unpaired) electrons. The number of halogens is 3. The van der Waals surface area contributed by atoms with Gasteiger partial charge in [0.1, 0.15) is 17.7 Å². The summed E-state index contributed by atoms with van der Waals surface area (Å²) in [5, 5.41) is 55.4. The van der Waals surface area contributed by atoms with Crippen LogP contribution in [0.2, 0.25) is 5.02 Å². The Morgan fingerprint density at radius 3 is 1.22 bits per heavy atom. The summed E-state index contributed by atoms with van der Waals surface area (Å²) in [5.74, 6) is -2.21. The third kappa shape index (κ3) is 7.50. The van der Waals surface area contributed by atoms with Crippen molar-refractivity contribution < 1.29 is 45.5 Å². The Bertz CT molecular complexity index is 1070. The summed E-state index contributed by atoms with van der Waals surface area (Å²) in [6.45, 7) is 4.75. The Morgan fingerprint density at radius 1 is 0.750 bits per heavy atom. The first-order valence-corrected chi connectivity index (χ1v) is 7.31. The zero-order valence-electron chi connectivity index (χ0n) is 14.7. The zero-order chi connectivity index (χ0) is 24.5. The van der Waals surface area contributed by atoms with Crippen LogP contribution in [-0.2, 0) is 17.1 Å². The van der Waals surface area contributed by atoms with E-state index in [4.69, 9.17) is 28.7 Å². The van der Waals surface area contributed by atoms with Crippen molar-refractivity contribution in [3.8, 4) is 6.07 Å². The fraction of sp³-hybridized carbons (Fsp3) is 0. The van der Waals surface area contributed by atoms with Gasteiger partial charge in [-0.2, -0.15) is 5.26 Å². The van der Waals surface area contributed by atoms with Crippen molar-refractivity contribution in [1.29, 1.82) is 10.5 Å². The maximum absolute atomic E-state index is 12.7. The van der Waals surface area contributed by atoms with E-state index >= 15 is 0 Å². The van der Waals surface area contributed by atoms with Gasteiger partial charge in [0.25, 0.3) is 22.7 Å². The SMILES string of the molecule is N#Cc1c([N+](=O)[O-])cc(F)cc1[N+](=O)[O-].O=[N+]([O-])c1cc(F)cc([N+](=O)[O-])c1Cl.[C-]#N.[Cu+].